The summed E-state index contributed by atoms with van der Waals surface area (Å²) in [6.45, 7) is 1.65. The molecule has 0 saturated carbocycles. The first-order chi connectivity index (χ1) is 16.6. The maximum absolute atomic E-state index is 10.9. The Morgan fingerprint density at radius 3 is 2.50 bits per heavy atom. The second kappa shape index (κ2) is 9.72. The van der Waals surface area contributed by atoms with Crippen LogP contribution in [0.5, 0.6) is 11.9 Å². The largest absolute Gasteiger partial charge is 0.473 e. The number of benzene rings is 2. The van der Waals surface area contributed by atoms with Crippen LogP contribution in [0.4, 0.5) is 5.82 Å². The first kappa shape index (κ1) is 21.6. The normalized spacial score (nSPS) is 14.8. The van der Waals surface area contributed by atoms with Crippen LogP contribution < -0.4 is 9.47 Å². The molecule has 0 aliphatic carbocycles. The molecule has 5 rings (SSSR count). The third-order valence-electron chi connectivity index (χ3n) is 5.45. The fourth-order valence-corrected chi connectivity index (χ4v) is 3.64. The fourth-order valence-electron chi connectivity index (χ4n) is 3.64. The van der Waals surface area contributed by atoms with Crippen molar-refractivity contribution in [3.63, 3.8) is 0 Å². The minimum Gasteiger partial charge on any atom is -0.473 e. The Bertz CT molecular complexity index is 1260. The minimum absolute atomic E-state index is 0.214. The molecular weight excluding hydrogens is 436 g/mol. The third kappa shape index (κ3) is 5.05. The number of ether oxygens (including phenoxy) is 3. The average Bonchev–Trinajstić information content (AvgIpc) is 3.32. The molecule has 0 spiro atoms. The molecule has 4 aromatic rings. The average molecular weight is 458 g/mol. The summed E-state index contributed by atoms with van der Waals surface area (Å²) < 4.78 is 18.8. The molecule has 34 heavy (non-hydrogen) atoms. The van der Waals surface area contributed by atoms with E-state index in [9.17, 15) is 10.1 Å². The van der Waals surface area contributed by atoms with Gasteiger partial charge in [-0.25, -0.2) is 4.98 Å². The van der Waals surface area contributed by atoms with Gasteiger partial charge in [0.15, 0.2) is 0 Å². The monoisotopic (exact) mass is 458 g/mol. The quantitative estimate of drug-likeness (QED) is 0.285. The molecule has 0 bridgehead atoms. The first-order valence-electron chi connectivity index (χ1n) is 10.8. The van der Waals surface area contributed by atoms with Gasteiger partial charge in [0.1, 0.15) is 25.5 Å². The molecule has 2 aromatic heterocycles. The van der Waals surface area contributed by atoms with E-state index in [1.54, 1.807) is 10.8 Å². The zero-order valence-corrected chi connectivity index (χ0v) is 18.2. The Hall–Kier alpha value is -4.24. The van der Waals surface area contributed by atoms with Gasteiger partial charge in [-0.15, -0.1) is 0 Å². The molecule has 3 heterocycles. The van der Waals surface area contributed by atoms with Gasteiger partial charge in [-0.2, -0.15) is 0 Å². The summed E-state index contributed by atoms with van der Waals surface area (Å²) in [6, 6.07) is 22.1. The molecule has 1 aliphatic rings. The van der Waals surface area contributed by atoms with Crippen molar-refractivity contribution >= 4 is 5.82 Å². The molecule has 0 saturated heterocycles. The smallest absolute Gasteiger partial charge is 0.414 e. The molecule has 0 radical (unpaired) electrons. The highest BCUT2D eigenvalue weighted by molar-refractivity contribution is 5.63. The van der Waals surface area contributed by atoms with E-state index < -0.39 is 4.92 Å². The number of pyridine rings is 1. The van der Waals surface area contributed by atoms with Crippen molar-refractivity contribution in [1.29, 1.82) is 0 Å². The molecule has 0 N–H and O–H groups in total. The zero-order chi connectivity index (χ0) is 23.3. The SMILES string of the molecule is O=[N+]([O-])c1cn2c(n1)OC[C@@H](OCc1ccc(-c3ccc(OCc4ccccc4)nc3)cc1)C2. The van der Waals surface area contributed by atoms with Gasteiger partial charge in [0.2, 0.25) is 5.88 Å². The minimum atomic E-state index is -0.535. The molecular formula is C25H22N4O5. The lowest BCUT2D eigenvalue weighted by atomic mass is 10.1. The van der Waals surface area contributed by atoms with Crippen LogP contribution in [0.3, 0.4) is 0 Å². The van der Waals surface area contributed by atoms with Crippen molar-refractivity contribution in [2.24, 2.45) is 0 Å². The van der Waals surface area contributed by atoms with E-state index in [1.165, 1.54) is 6.20 Å². The number of hydrogen-bond donors (Lipinski definition) is 0. The summed E-state index contributed by atoms with van der Waals surface area (Å²) >= 11 is 0. The van der Waals surface area contributed by atoms with Crippen LogP contribution >= 0.6 is 0 Å². The number of fused-ring (bicyclic) bond motifs is 1. The number of nitro groups is 1. The lowest BCUT2D eigenvalue weighted by Gasteiger charge is -2.22. The Morgan fingerprint density at radius 1 is 1.00 bits per heavy atom. The van der Waals surface area contributed by atoms with Crippen LogP contribution in [0.1, 0.15) is 11.1 Å². The van der Waals surface area contributed by atoms with Crippen LogP contribution in [-0.2, 0) is 24.5 Å². The summed E-state index contributed by atoms with van der Waals surface area (Å²) in [5, 5.41) is 10.9. The Kier molecular flexibility index (Phi) is 6.17. The topological polar surface area (TPSA) is 102 Å². The second-order valence-corrected chi connectivity index (χ2v) is 7.89. The van der Waals surface area contributed by atoms with Crippen molar-refractivity contribution in [1.82, 2.24) is 14.5 Å². The summed E-state index contributed by atoms with van der Waals surface area (Å²) in [4.78, 5) is 18.6. The van der Waals surface area contributed by atoms with Gasteiger partial charge in [0.25, 0.3) is 0 Å². The lowest BCUT2D eigenvalue weighted by Crippen LogP contribution is -2.32. The first-order valence-corrected chi connectivity index (χ1v) is 10.8. The molecule has 9 heteroatoms. The molecule has 1 aliphatic heterocycles. The van der Waals surface area contributed by atoms with E-state index in [2.05, 4.69) is 9.97 Å². The van der Waals surface area contributed by atoms with Gasteiger partial charge in [0, 0.05) is 22.8 Å². The third-order valence-corrected chi connectivity index (χ3v) is 5.45. The van der Waals surface area contributed by atoms with E-state index in [1.807, 2.05) is 66.7 Å². The summed E-state index contributed by atoms with van der Waals surface area (Å²) in [6.07, 6.45) is 2.95. The predicted octanol–water partition coefficient (Wildman–Crippen LogP) is 4.41. The van der Waals surface area contributed by atoms with Gasteiger partial charge >= 0.3 is 11.8 Å². The van der Waals surface area contributed by atoms with Gasteiger partial charge in [-0.3, -0.25) is 4.57 Å². The number of imidazole rings is 1. The Labute approximate surface area is 195 Å². The van der Waals surface area contributed by atoms with Crippen molar-refractivity contribution in [3.8, 4) is 23.0 Å². The predicted molar refractivity (Wildman–Crippen MR) is 123 cm³/mol. The van der Waals surface area contributed by atoms with Gasteiger partial charge in [0.05, 0.1) is 13.2 Å². The van der Waals surface area contributed by atoms with Crippen LogP contribution in [0.2, 0.25) is 0 Å². The van der Waals surface area contributed by atoms with E-state index in [0.717, 1.165) is 22.3 Å². The van der Waals surface area contributed by atoms with E-state index >= 15 is 0 Å². The van der Waals surface area contributed by atoms with Crippen molar-refractivity contribution in [2.45, 2.75) is 25.9 Å². The fraction of sp³-hybridized carbons (Fsp3) is 0.200. The molecule has 0 fully saturated rings. The summed E-state index contributed by atoms with van der Waals surface area (Å²) in [5.74, 6) is 0.357. The second-order valence-electron chi connectivity index (χ2n) is 7.89. The van der Waals surface area contributed by atoms with Crippen LogP contribution in [-0.4, -0.2) is 32.2 Å². The maximum atomic E-state index is 10.9. The highest BCUT2D eigenvalue weighted by Gasteiger charge is 2.28. The summed E-state index contributed by atoms with van der Waals surface area (Å²) in [7, 11) is 0. The number of aromatic nitrogens is 3. The van der Waals surface area contributed by atoms with Crippen molar-refractivity contribution < 1.29 is 19.1 Å². The van der Waals surface area contributed by atoms with Crippen LogP contribution in [0.25, 0.3) is 11.1 Å². The van der Waals surface area contributed by atoms with Crippen LogP contribution in [0.15, 0.2) is 79.1 Å². The van der Waals surface area contributed by atoms with Crippen molar-refractivity contribution in [2.75, 3.05) is 6.61 Å². The van der Waals surface area contributed by atoms with Crippen LogP contribution in [0, 0.1) is 10.1 Å². The Morgan fingerprint density at radius 2 is 1.76 bits per heavy atom. The van der Waals surface area contributed by atoms with E-state index in [0.29, 0.717) is 32.2 Å². The Balaban J connectivity index is 1.14. The van der Waals surface area contributed by atoms with E-state index in [-0.39, 0.29) is 17.9 Å². The van der Waals surface area contributed by atoms with Gasteiger partial charge < -0.3 is 24.3 Å². The lowest BCUT2D eigenvalue weighted by molar-refractivity contribution is -0.389. The maximum Gasteiger partial charge on any atom is 0.414 e. The molecule has 9 nitrogen and oxygen atoms in total. The van der Waals surface area contributed by atoms with E-state index in [4.69, 9.17) is 14.2 Å². The number of hydrogen-bond acceptors (Lipinski definition) is 7. The molecule has 0 unspecified atom stereocenters. The van der Waals surface area contributed by atoms with Gasteiger partial charge in [-0.1, -0.05) is 54.6 Å². The van der Waals surface area contributed by atoms with Gasteiger partial charge in [-0.05, 0) is 27.7 Å². The molecule has 1 atom stereocenters. The molecule has 2 aromatic carbocycles. The molecule has 0 amide bonds. The van der Waals surface area contributed by atoms with Crippen molar-refractivity contribution in [3.05, 3.63) is 100 Å². The highest BCUT2D eigenvalue weighted by Crippen LogP contribution is 2.24. The number of nitrogens with zero attached hydrogens (tertiary/aromatic N) is 4. The summed E-state index contributed by atoms with van der Waals surface area (Å²) in [5.41, 5.74) is 4.15. The molecule has 172 valence electrons. The number of rotatable bonds is 8. The highest BCUT2D eigenvalue weighted by atomic mass is 16.6. The standard InChI is InChI=1S/C25H22N4O5/c30-29(31)23-14-28-13-22(17-34-25(28)27-23)32-15-19-6-8-20(9-7-19)21-10-11-24(26-12-21)33-16-18-4-2-1-3-5-18/h1-12,14,22H,13,15-17H2/t22-/m0/s1. The zero-order valence-electron chi connectivity index (χ0n) is 18.2.